The second-order valence-corrected chi connectivity index (χ2v) is 16.1. The predicted octanol–water partition coefficient (Wildman–Crippen LogP) is 5.24. The van der Waals surface area contributed by atoms with E-state index in [1.54, 1.807) is 0 Å². The monoisotopic (exact) mass is 403 g/mol. The average molecular weight is 404 g/mol. The van der Waals surface area contributed by atoms with Gasteiger partial charge in [-0.15, -0.1) is 0 Å². The van der Waals surface area contributed by atoms with Crippen LogP contribution in [0.5, 0.6) is 0 Å². The molecule has 3 aliphatic rings. The van der Waals surface area contributed by atoms with Crippen LogP contribution in [0, 0.1) is 0 Å². The maximum absolute atomic E-state index is 4.58. The zero-order valence-electron chi connectivity index (χ0n) is 14.8. The first-order chi connectivity index (χ1) is 11.2. The van der Waals surface area contributed by atoms with Crippen molar-refractivity contribution in [1.82, 2.24) is 14.0 Å². The van der Waals surface area contributed by atoms with Gasteiger partial charge in [0.05, 0.1) is 0 Å². The summed E-state index contributed by atoms with van der Waals surface area (Å²) < 4.78 is 8.69. The molecule has 0 saturated carbocycles. The van der Waals surface area contributed by atoms with E-state index in [-0.39, 0.29) is 0 Å². The van der Waals surface area contributed by atoms with E-state index in [1.807, 2.05) is 0 Å². The molecule has 3 aliphatic heterocycles. The quantitative estimate of drug-likeness (QED) is 0.459. The molecule has 3 fully saturated rings. The first kappa shape index (κ1) is 18.3. The second kappa shape index (κ2) is 7.83. The normalized spacial score (nSPS) is 28.1. The fraction of sp³-hybridized carbons (Fsp3) is 0.889. The number of piperidine rings is 3. The van der Waals surface area contributed by atoms with Gasteiger partial charge in [0.15, 0.2) is 0 Å². The Morgan fingerprint density at radius 1 is 0.652 bits per heavy atom. The van der Waals surface area contributed by atoms with Crippen LogP contribution >= 0.6 is 21.2 Å². The second-order valence-electron chi connectivity index (χ2n) is 7.55. The third-order valence-corrected chi connectivity index (χ3v) is 16.5. The predicted molar refractivity (Wildman–Crippen MR) is 107 cm³/mol. The van der Waals surface area contributed by atoms with Gasteiger partial charge in [0.1, 0.15) is 0 Å². The zero-order chi connectivity index (χ0) is 16.2. The Balaban J connectivity index is 2.00. The Morgan fingerprint density at radius 3 is 1.22 bits per heavy atom. The van der Waals surface area contributed by atoms with Crippen molar-refractivity contribution in [2.45, 2.75) is 57.8 Å². The van der Waals surface area contributed by atoms with Crippen LogP contribution in [0.15, 0.2) is 12.7 Å². The van der Waals surface area contributed by atoms with Crippen molar-refractivity contribution in [3.05, 3.63) is 12.7 Å². The van der Waals surface area contributed by atoms with Gasteiger partial charge in [-0.1, -0.05) is 0 Å². The summed E-state index contributed by atoms with van der Waals surface area (Å²) in [5, 5.41) is 0. The van der Waals surface area contributed by atoms with Gasteiger partial charge in [-0.3, -0.25) is 0 Å². The summed E-state index contributed by atoms with van der Waals surface area (Å²) in [6, 6.07) is 0. The molecule has 0 aromatic carbocycles. The summed E-state index contributed by atoms with van der Waals surface area (Å²) in [5.74, 6) is -2.40. The number of nitrogens with zero attached hydrogens (tertiary/aromatic N) is 3. The molecule has 3 rings (SSSR count). The average Bonchev–Trinajstić information content (AvgIpc) is 2.64. The standard InChI is InChI=1S/C18H35BrN3P/c1-2-18-23(19,20-12-6-3-7-13-20,21-14-8-4-9-15-21)22-16-10-5-11-17-22/h2H,1,3-18H2. The molecule has 5 heteroatoms. The molecule has 3 saturated heterocycles. The maximum atomic E-state index is 4.58. The van der Waals surface area contributed by atoms with E-state index < -0.39 is 5.76 Å². The fourth-order valence-electron chi connectivity index (χ4n) is 4.92. The van der Waals surface area contributed by atoms with E-state index in [4.69, 9.17) is 0 Å². The van der Waals surface area contributed by atoms with Crippen LogP contribution in [0.25, 0.3) is 0 Å². The number of rotatable bonds is 5. The van der Waals surface area contributed by atoms with E-state index in [0.29, 0.717) is 0 Å². The first-order valence-corrected chi connectivity index (χ1v) is 14.1. The van der Waals surface area contributed by atoms with Crippen molar-refractivity contribution in [2.75, 3.05) is 45.4 Å². The number of hydrogen-bond donors (Lipinski definition) is 0. The molecule has 23 heavy (non-hydrogen) atoms. The van der Waals surface area contributed by atoms with Gasteiger partial charge < -0.3 is 0 Å². The Morgan fingerprint density at radius 2 is 0.957 bits per heavy atom. The Kier molecular flexibility index (Phi) is 6.24. The van der Waals surface area contributed by atoms with Crippen molar-refractivity contribution in [2.24, 2.45) is 0 Å². The number of allylic oxidation sites excluding steroid dienone is 1. The van der Waals surface area contributed by atoms with E-state index in [0.717, 1.165) is 6.16 Å². The van der Waals surface area contributed by atoms with Gasteiger partial charge in [-0.2, -0.15) is 0 Å². The van der Waals surface area contributed by atoms with Crippen molar-refractivity contribution >= 4 is 21.2 Å². The molecule has 0 aliphatic carbocycles. The molecule has 0 N–H and O–H groups in total. The molecule has 0 amide bonds. The van der Waals surface area contributed by atoms with Crippen LogP contribution in [-0.4, -0.2) is 59.4 Å². The van der Waals surface area contributed by atoms with Crippen LogP contribution in [-0.2, 0) is 0 Å². The SMILES string of the molecule is C=CCP(Br)(N1CCCCC1)(N1CCCCC1)N1CCCCC1. The molecular weight excluding hydrogens is 369 g/mol. The van der Waals surface area contributed by atoms with E-state index in [1.165, 1.54) is 97.1 Å². The van der Waals surface area contributed by atoms with Crippen LogP contribution in [0.4, 0.5) is 0 Å². The molecule has 0 unspecified atom stereocenters. The van der Waals surface area contributed by atoms with Crippen LogP contribution < -0.4 is 0 Å². The molecular formula is C18H35BrN3P. The third-order valence-electron chi connectivity index (χ3n) is 6.12. The van der Waals surface area contributed by atoms with Gasteiger partial charge in [0, 0.05) is 0 Å². The van der Waals surface area contributed by atoms with Gasteiger partial charge in [0.2, 0.25) is 0 Å². The summed E-state index contributed by atoms with van der Waals surface area (Å²) in [6.45, 7) is 11.8. The van der Waals surface area contributed by atoms with Crippen molar-refractivity contribution in [1.29, 1.82) is 0 Å². The van der Waals surface area contributed by atoms with E-state index in [2.05, 4.69) is 42.2 Å². The summed E-state index contributed by atoms with van der Waals surface area (Å²) >= 11 is 4.58. The van der Waals surface area contributed by atoms with Gasteiger partial charge in [-0.05, 0) is 0 Å². The topological polar surface area (TPSA) is 9.72 Å². The minimum atomic E-state index is -2.40. The van der Waals surface area contributed by atoms with Crippen molar-refractivity contribution in [3.8, 4) is 0 Å². The first-order valence-electron chi connectivity index (χ1n) is 9.80. The molecule has 0 spiro atoms. The summed E-state index contributed by atoms with van der Waals surface area (Å²) in [6.07, 6.45) is 15.7. The third kappa shape index (κ3) is 3.31. The molecule has 134 valence electrons. The molecule has 0 atom stereocenters. The van der Waals surface area contributed by atoms with Crippen molar-refractivity contribution < 1.29 is 0 Å². The fourth-order valence-corrected chi connectivity index (χ4v) is 13.8. The molecule has 0 aromatic heterocycles. The van der Waals surface area contributed by atoms with Crippen LogP contribution in [0.3, 0.4) is 0 Å². The minimum absolute atomic E-state index is 1.12. The van der Waals surface area contributed by atoms with Crippen molar-refractivity contribution in [3.63, 3.8) is 0 Å². The van der Waals surface area contributed by atoms with Crippen LogP contribution in [0.2, 0.25) is 0 Å². The summed E-state index contributed by atoms with van der Waals surface area (Å²) in [5.41, 5.74) is 0. The summed E-state index contributed by atoms with van der Waals surface area (Å²) in [7, 11) is 0. The number of halogens is 1. The molecule has 0 radical (unpaired) electrons. The van der Waals surface area contributed by atoms with E-state index in [9.17, 15) is 0 Å². The Labute approximate surface area is 151 Å². The molecule has 0 aromatic rings. The summed E-state index contributed by atoms with van der Waals surface area (Å²) in [4.78, 5) is 0. The molecule has 3 nitrogen and oxygen atoms in total. The van der Waals surface area contributed by atoms with Gasteiger partial charge in [0.25, 0.3) is 0 Å². The number of hydrogen-bond acceptors (Lipinski definition) is 3. The van der Waals surface area contributed by atoms with E-state index >= 15 is 0 Å². The van der Waals surface area contributed by atoms with Gasteiger partial charge in [-0.25, -0.2) is 0 Å². The van der Waals surface area contributed by atoms with Crippen LogP contribution in [0.1, 0.15) is 57.8 Å². The Hall–Kier alpha value is 0.530. The Bertz CT molecular complexity index is 351. The zero-order valence-corrected chi connectivity index (χ0v) is 17.2. The molecule has 0 bridgehead atoms. The molecule has 3 heterocycles. The van der Waals surface area contributed by atoms with Gasteiger partial charge >= 0.3 is 151 Å².